The molecule has 0 bridgehead atoms. The van der Waals surface area contributed by atoms with E-state index in [0.29, 0.717) is 6.54 Å². The minimum absolute atomic E-state index is 0.0306. The second-order valence-corrected chi connectivity index (χ2v) is 4.87. The highest BCUT2D eigenvalue weighted by Gasteiger charge is 2.27. The third-order valence-electron chi connectivity index (χ3n) is 2.59. The first-order valence-electron chi connectivity index (χ1n) is 5.65. The van der Waals surface area contributed by atoms with E-state index in [4.69, 9.17) is 4.74 Å². The second kappa shape index (κ2) is 4.84. The molecule has 88 valence electrons. The molecule has 1 fully saturated rings. The number of nitrogens with one attached hydrogen (secondary N) is 1. The van der Waals surface area contributed by atoms with Gasteiger partial charge in [-0.25, -0.2) is 4.79 Å². The van der Waals surface area contributed by atoms with Crippen LogP contribution in [0, 0.1) is 0 Å². The molecule has 2 amide bonds. The number of hydrogen-bond acceptors (Lipinski definition) is 2. The van der Waals surface area contributed by atoms with Gasteiger partial charge in [-0.15, -0.1) is 0 Å². The fourth-order valence-corrected chi connectivity index (χ4v) is 1.83. The van der Waals surface area contributed by atoms with E-state index in [-0.39, 0.29) is 17.8 Å². The van der Waals surface area contributed by atoms with Gasteiger partial charge >= 0.3 is 6.03 Å². The van der Waals surface area contributed by atoms with Crippen molar-refractivity contribution in [2.24, 2.45) is 0 Å². The molecule has 1 unspecified atom stereocenters. The van der Waals surface area contributed by atoms with Crippen molar-refractivity contribution in [1.82, 2.24) is 10.2 Å². The first-order valence-corrected chi connectivity index (χ1v) is 5.65. The lowest BCUT2D eigenvalue weighted by Gasteiger charge is -2.35. The van der Waals surface area contributed by atoms with Crippen molar-refractivity contribution >= 4 is 6.03 Å². The Morgan fingerprint density at radius 1 is 1.53 bits per heavy atom. The van der Waals surface area contributed by atoms with E-state index >= 15 is 0 Å². The van der Waals surface area contributed by atoms with Crippen LogP contribution in [0.15, 0.2) is 0 Å². The van der Waals surface area contributed by atoms with Gasteiger partial charge in [0.05, 0.1) is 0 Å². The summed E-state index contributed by atoms with van der Waals surface area (Å²) in [7, 11) is 0. The van der Waals surface area contributed by atoms with Gasteiger partial charge in [-0.2, -0.15) is 0 Å². The van der Waals surface area contributed by atoms with Crippen molar-refractivity contribution < 1.29 is 9.53 Å². The summed E-state index contributed by atoms with van der Waals surface area (Å²) in [5.74, 6) is 0. The van der Waals surface area contributed by atoms with Crippen LogP contribution in [0.3, 0.4) is 0 Å². The predicted octanol–water partition coefficient (Wildman–Crippen LogP) is 1.95. The molecule has 1 rings (SSSR count). The quantitative estimate of drug-likeness (QED) is 0.763. The van der Waals surface area contributed by atoms with Crippen LogP contribution in [0.25, 0.3) is 0 Å². The number of ether oxygens (including phenoxy) is 1. The van der Waals surface area contributed by atoms with Crippen LogP contribution in [0.5, 0.6) is 0 Å². The number of carbonyl (C=O) groups is 1. The highest BCUT2D eigenvalue weighted by atomic mass is 16.5. The molecule has 0 radical (unpaired) electrons. The van der Waals surface area contributed by atoms with Crippen LogP contribution in [0.4, 0.5) is 4.79 Å². The number of urea groups is 1. The Morgan fingerprint density at radius 2 is 2.20 bits per heavy atom. The molecular formula is C11H22N2O2. The Hall–Kier alpha value is -0.770. The number of nitrogens with zero attached hydrogens (tertiary/aromatic N) is 1. The molecule has 1 atom stereocenters. The largest absolute Gasteiger partial charge is 0.358 e. The lowest BCUT2D eigenvalue weighted by Crippen LogP contribution is -2.52. The third kappa shape index (κ3) is 3.38. The Morgan fingerprint density at radius 3 is 2.60 bits per heavy atom. The summed E-state index contributed by atoms with van der Waals surface area (Å²) in [4.78, 5) is 13.7. The summed E-state index contributed by atoms with van der Waals surface area (Å²) in [6, 6.07) is -0.0306. The number of rotatable bonds is 2. The lowest BCUT2D eigenvalue weighted by molar-refractivity contribution is 0.0753. The molecule has 1 aliphatic heterocycles. The molecule has 0 aromatic heterocycles. The molecule has 0 spiro atoms. The molecule has 0 saturated carbocycles. The zero-order valence-electron chi connectivity index (χ0n) is 10.2. The minimum Gasteiger partial charge on any atom is -0.358 e. The predicted molar refractivity (Wildman–Crippen MR) is 59.6 cm³/mol. The van der Waals surface area contributed by atoms with Gasteiger partial charge < -0.3 is 15.0 Å². The molecule has 0 aromatic rings. The molecular weight excluding hydrogens is 192 g/mol. The molecule has 4 heteroatoms. The Labute approximate surface area is 92.0 Å². The van der Waals surface area contributed by atoms with Crippen molar-refractivity contribution in [3.8, 4) is 0 Å². The van der Waals surface area contributed by atoms with Gasteiger partial charge in [-0.1, -0.05) is 0 Å². The molecule has 1 aliphatic rings. The van der Waals surface area contributed by atoms with E-state index in [9.17, 15) is 4.79 Å². The van der Waals surface area contributed by atoms with Gasteiger partial charge in [0.2, 0.25) is 0 Å². The van der Waals surface area contributed by atoms with Crippen molar-refractivity contribution in [3.63, 3.8) is 0 Å². The van der Waals surface area contributed by atoms with Crippen LogP contribution in [-0.2, 0) is 4.74 Å². The SMILES string of the molecule is CCN(C(=O)NC1CCCO1)C(C)(C)C. The summed E-state index contributed by atoms with van der Waals surface area (Å²) in [5.41, 5.74) is -0.141. The van der Waals surface area contributed by atoms with Gasteiger partial charge in [-0.05, 0) is 40.5 Å². The standard InChI is InChI=1S/C11H22N2O2/c1-5-13(11(2,3)4)10(14)12-9-7-6-8-15-9/h9H,5-8H2,1-4H3,(H,12,14). The van der Waals surface area contributed by atoms with Gasteiger partial charge in [0.1, 0.15) is 6.23 Å². The zero-order chi connectivity index (χ0) is 11.5. The van der Waals surface area contributed by atoms with Gasteiger partial charge in [-0.3, -0.25) is 0 Å². The Balaban J connectivity index is 2.49. The Kier molecular flexibility index (Phi) is 3.97. The van der Waals surface area contributed by atoms with E-state index in [1.54, 1.807) is 0 Å². The molecule has 1 N–H and O–H groups in total. The lowest BCUT2D eigenvalue weighted by atomic mass is 10.1. The zero-order valence-corrected chi connectivity index (χ0v) is 10.2. The molecule has 0 aliphatic carbocycles. The summed E-state index contributed by atoms with van der Waals surface area (Å²) < 4.78 is 5.37. The normalized spacial score (nSPS) is 21.5. The smallest absolute Gasteiger partial charge is 0.319 e. The average molecular weight is 214 g/mol. The van der Waals surface area contributed by atoms with Crippen LogP contribution in [-0.4, -0.2) is 35.8 Å². The van der Waals surface area contributed by atoms with Gasteiger partial charge in [0.15, 0.2) is 0 Å². The molecule has 1 heterocycles. The average Bonchev–Trinajstić information content (AvgIpc) is 2.54. The van der Waals surface area contributed by atoms with Gasteiger partial charge in [0.25, 0.3) is 0 Å². The van der Waals surface area contributed by atoms with Crippen molar-refractivity contribution in [2.45, 2.75) is 52.3 Å². The summed E-state index contributed by atoms with van der Waals surface area (Å²) >= 11 is 0. The molecule has 0 aromatic carbocycles. The highest BCUT2D eigenvalue weighted by molar-refractivity contribution is 5.75. The fraction of sp³-hybridized carbons (Fsp3) is 0.909. The topological polar surface area (TPSA) is 41.6 Å². The Bertz CT molecular complexity index is 217. The van der Waals surface area contributed by atoms with Crippen molar-refractivity contribution in [2.75, 3.05) is 13.2 Å². The maximum Gasteiger partial charge on any atom is 0.319 e. The molecule has 4 nitrogen and oxygen atoms in total. The van der Waals surface area contributed by atoms with E-state index in [0.717, 1.165) is 19.4 Å². The van der Waals surface area contributed by atoms with Gasteiger partial charge in [0, 0.05) is 18.7 Å². The summed E-state index contributed by atoms with van der Waals surface area (Å²) in [5, 5.41) is 2.90. The van der Waals surface area contributed by atoms with E-state index in [1.165, 1.54) is 0 Å². The maximum atomic E-state index is 11.9. The van der Waals surface area contributed by atoms with E-state index < -0.39 is 0 Å². The fourth-order valence-electron chi connectivity index (χ4n) is 1.83. The second-order valence-electron chi connectivity index (χ2n) is 4.87. The van der Waals surface area contributed by atoms with Crippen molar-refractivity contribution in [3.05, 3.63) is 0 Å². The minimum atomic E-state index is -0.141. The maximum absolute atomic E-state index is 11.9. The first-order chi connectivity index (χ1) is 6.95. The number of carbonyl (C=O) groups excluding carboxylic acids is 1. The van der Waals surface area contributed by atoms with E-state index in [1.807, 2.05) is 32.6 Å². The van der Waals surface area contributed by atoms with Crippen LogP contribution >= 0.6 is 0 Å². The van der Waals surface area contributed by atoms with Crippen LogP contribution in [0.2, 0.25) is 0 Å². The van der Waals surface area contributed by atoms with Crippen LogP contribution in [0.1, 0.15) is 40.5 Å². The first kappa shape index (κ1) is 12.3. The third-order valence-corrected chi connectivity index (χ3v) is 2.59. The van der Waals surface area contributed by atoms with Crippen molar-refractivity contribution in [1.29, 1.82) is 0 Å². The van der Waals surface area contributed by atoms with E-state index in [2.05, 4.69) is 5.32 Å². The summed E-state index contributed by atoms with van der Waals surface area (Å²) in [6.45, 7) is 9.55. The summed E-state index contributed by atoms with van der Waals surface area (Å²) in [6.07, 6.45) is 1.87. The number of hydrogen-bond donors (Lipinski definition) is 1. The highest BCUT2D eigenvalue weighted by Crippen LogP contribution is 2.15. The molecule has 15 heavy (non-hydrogen) atoms. The monoisotopic (exact) mass is 214 g/mol. The molecule has 1 saturated heterocycles. The number of amides is 2. The van der Waals surface area contributed by atoms with Crippen LogP contribution < -0.4 is 5.32 Å².